The van der Waals surface area contributed by atoms with Crippen molar-refractivity contribution in [3.8, 4) is 11.1 Å². The lowest BCUT2D eigenvalue weighted by Gasteiger charge is -2.43. The van der Waals surface area contributed by atoms with E-state index in [1.165, 1.54) is 85.2 Å². The molecule has 3 aliphatic carbocycles. The third-order valence-electron chi connectivity index (χ3n) is 18.4. The van der Waals surface area contributed by atoms with Gasteiger partial charge in [0.15, 0.2) is 0 Å². The Balaban J connectivity index is 1.30. The zero-order chi connectivity index (χ0) is 52.6. The van der Waals surface area contributed by atoms with Crippen LogP contribution >= 0.6 is 0 Å². The van der Waals surface area contributed by atoms with Gasteiger partial charge in [-0.05, 0) is 188 Å². The van der Waals surface area contributed by atoms with Gasteiger partial charge in [-0.3, -0.25) is 0 Å². The first-order valence-corrected chi connectivity index (χ1v) is 31.2. The van der Waals surface area contributed by atoms with Crippen LogP contribution in [0.2, 0.25) is 19.6 Å². The molecule has 1 heterocycles. The third kappa shape index (κ3) is 9.04. The minimum atomic E-state index is -2.00. The van der Waals surface area contributed by atoms with Gasteiger partial charge < -0.3 is 14.2 Å². The van der Waals surface area contributed by atoms with Gasteiger partial charge in [0.25, 0.3) is 0 Å². The van der Waals surface area contributed by atoms with E-state index >= 15 is 0 Å². The van der Waals surface area contributed by atoms with Gasteiger partial charge in [0.05, 0.1) is 19.4 Å². The Labute approximate surface area is 441 Å². The highest BCUT2D eigenvalue weighted by molar-refractivity contribution is 6.88. The molecule has 4 heteroatoms. The molecule has 7 aromatic rings. The molecule has 0 spiro atoms. The normalized spacial score (nSPS) is 19.2. The number of hydrogen-bond acceptors (Lipinski definition) is 3. The maximum absolute atomic E-state index is 6.87. The zero-order valence-corrected chi connectivity index (χ0v) is 49.1. The fourth-order valence-electron chi connectivity index (χ4n) is 12.9. The Morgan fingerprint density at radius 2 is 0.877 bits per heavy atom. The number of hydrogen-bond donors (Lipinski definition) is 0. The number of furan rings is 1. The lowest BCUT2D eigenvalue weighted by atomic mass is 9.63. The number of nitrogens with zero attached hydrogens (tertiary/aromatic N) is 2. The maximum Gasteiger partial charge on any atom is 0.136 e. The molecule has 0 unspecified atom stereocenters. The molecule has 0 fully saturated rings. The summed E-state index contributed by atoms with van der Waals surface area (Å²) in [4.78, 5) is 5.19. The van der Waals surface area contributed by atoms with Gasteiger partial charge >= 0.3 is 0 Å². The molecule has 1 aromatic heterocycles. The molecule has 0 amide bonds. The van der Waals surface area contributed by atoms with Crippen LogP contribution < -0.4 is 15.0 Å². The van der Waals surface area contributed by atoms with Crippen molar-refractivity contribution < 1.29 is 4.42 Å². The van der Waals surface area contributed by atoms with Crippen LogP contribution in [0.4, 0.5) is 34.1 Å². The van der Waals surface area contributed by atoms with Crippen LogP contribution in [0.5, 0.6) is 0 Å². The number of anilines is 6. The summed E-state index contributed by atoms with van der Waals surface area (Å²) in [5.41, 5.74) is 20.7. The van der Waals surface area contributed by atoms with Crippen LogP contribution in [-0.2, 0) is 37.9 Å². The summed E-state index contributed by atoms with van der Waals surface area (Å²) in [6.45, 7) is 43.8. The number of benzene rings is 6. The summed E-state index contributed by atoms with van der Waals surface area (Å²) in [5.74, 6) is 0. The van der Waals surface area contributed by atoms with E-state index in [0.29, 0.717) is 0 Å². The van der Waals surface area contributed by atoms with E-state index in [0.717, 1.165) is 53.7 Å². The van der Waals surface area contributed by atoms with Crippen LogP contribution in [0.1, 0.15) is 181 Å². The zero-order valence-electron chi connectivity index (χ0n) is 48.1. The summed E-state index contributed by atoms with van der Waals surface area (Å²) < 4.78 is 6.87. The molecule has 0 atom stereocenters. The second-order valence-corrected chi connectivity index (χ2v) is 33.9. The highest BCUT2D eigenvalue weighted by Crippen LogP contribution is 2.54. The standard InChI is InChI=1S/C69H86N2OSi/c1-63(2,3)46-24-29-60(52(36-46)45-22-20-19-21-23-45)71(61-44-72-62-43-59-58(42-53(61)62)68(12,13)34-35-69(59,14)15)50-37-49(38-51(39-50)73(16,17)18)70(47-25-27-54-56(40-47)66(8,9)32-30-64(54,4)5)48-26-28-55-57(41-48)67(10,11)33-31-65(55,6)7/h19-29,36-44H,30-35H2,1-18H3. The minimum absolute atomic E-state index is 0.0324. The molecule has 0 saturated carbocycles. The van der Waals surface area contributed by atoms with E-state index < -0.39 is 8.07 Å². The Kier molecular flexibility index (Phi) is 12.0. The predicted octanol–water partition coefficient (Wildman–Crippen LogP) is 19.9. The van der Waals surface area contributed by atoms with Crippen molar-refractivity contribution in [3.05, 3.63) is 160 Å². The number of rotatable bonds is 8. The van der Waals surface area contributed by atoms with Crippen LogP contribution in [0.3, 0.4) is 0 Å². The molecule has 0 aliphatic heterocycles. The first-order chi connectivity index (χ1) is 33.9. The topological polar surface area (TPSA) is 19.6 Å². The minimum Gasteiger partial charge on any atom is -0.462 e. The second kappa shape index (κ2) is 17.1. The molecule has 0 radical (unpaired) electrons. The molecule has 3 aliphatic rings. The van der Waals surface area contributed by atoms with Crippen molar-refractivity contribution in [2.24, 2.45) is 0 Å². The average molecular weight is 988 g/mol. The predicted molar refractivity (Wildman–Crippen MR) is 319 cm³/mol. The maximum atomic E-state index is 6.87. The summed E-state index contributed by atoms with van der Waals surface area (Å²) in [6, 6.07) is 45.7. The van der Waals surface area contributed by atoms with Crippen molar-refractivity contribution in [3.63, 3.8) is 0 Å². The quantitative estimate of drug-likeness (QED) is 0.142. The lowest BCUT2D eigenvalue weighted by molar-refractivity contribution is 0.332. The fourth-order valence-corrected chi connectivity index (χ4v) is 14.0. The van der Waals surface area contributed by atoms with E-state index in [-0.39, 0.29) is 37.9 Å². The van der Waals surface area contributed by atoms with Crippen molar-refractivity contribution in [2.45, 2.75) is 200 Å². The lowest BCUT2D eigenvalue weighted by Crippen LogP contribution is -2.38. The molecule has 0 N–H and O–H groups in total. The Morgan fingerprint density at radius 3 is 1.36 bits per heavy atom. The SMILES string of the molecule is CC(C)(C)c1ccc(N(c2cc(N(c3ccc4c(c3)C(C)(C)CCC4(C)C)c3ccc4c(c3)C(C)(C)CCC4(C)C)cc([Si](C)(C)C)c2)c2coc3cc4c(cc23)C(C)(C)CCC4(C)C)c(-c2ccccc2)c1. The van der Waals surface area contributed by atoms with Crippen LogP contribution in [0.25, 0.3) is 22.1 Å². The largest absolute Gasteiger partial charge is 0.462 e. The van der Waals surface area contributed by atoms with Gasteiger partial charge in [-0.25, -0.2) is 0 Å². The molecule has 3 nitrogen and oxygen atoms in total. The van der Waals surface area contributed by atoms with E-state index in [1.807, 2.05) is 0 Å². The van der Waals surface area contributed by atoms with Gasteiger partial charge in [0.1, 0.15) is 11.8 Å². The van der Waals surface area contributed by atoms with Crippen molar-refractivity contribution in [2.75, 3.05) is 9.80 Å². The van der Waals surface area contributed by atoms with E-state index in [9.17, 15) is 0 Å². The van der Waals surface area contributed by atoms with Crippen LogP contribution in [-0.4, -0.2) is 8.07 Å². The summed E-state index contributed by atoms with van der Waals surface area (Å²) in [7, 11) is -2.00. The van der Waals surface area contributed by atoms with Gasteiger partial charge in [0, 0.05) is 33.7 Å². The molecule has 6 aromatic carbocycles. The third-order valence-corrected chi connectivity index (χ3v) is 20.5. The number of fused-ring (bicyclic) bond motifs is 4. The van der Waals surface area contributed by atoms with Gasteiger partial charge in [-0.15, -0.1) is 0 Å². The average Bonchev–Trinajstić information content (AvgIpc) is 3.73. The monoisotopic (exact) mass is 987 g/mol. The Bertz CT molecular complexity index is 3190. The Morgan fingerprint density at radius 1 is 0.425 bits per heavy atom. The smallest absolute Gasteiger partial charge is 0.136 e. The summed E-state index contributed by atoms with van der Waals surface area (Å²) >= 11 is 0. The highest BCUT2D eigenvalue weighted by atomic mass is 28.3. The molecule has 0 saturated heterocycles. The van der Waals surface area contributed by atoms with Crippen LogP contribution in [0.15, 0.2) is 126 Å². The van der Waals surface area contributed by atoms with Gasteiger partial charge in [-0.2, -0.15) is 0 Å². The van der Waals surface area contributed by atoms with E-state index in [4.69, 9.17) is 4.42 Å². The second-order valence-electron chi connectivity index (χ2n) is 28.8. The first kappa shape index (κ1) is 51.2. The van der Waals surface area contributed by atoms with Crippen molar-refractivity contribution in [1.29, 1.82) is 0 Å². The van der Waals surface area contributed by atoms with Gasteiger partial charge in [-0.1, -0.05) is 177 Å². The highest BCUT2D eigenvalue weighted by Gasteiger charge is 2.41. The van der Waals surface area contributed by atoms with E-state index in [1.54, 1.807) is 0 Å². The molecular weight excluding hydrogens is 901 g/mol. The first-order valence-electron chi connectivity index (χ1n) is 27.7. The van der Waals surface area contributed by atoms with E-state index in [2.05, 4.69) is 255 Å². The Hall–Kier alpha value is -5.32. The molecule has 382 valence electrons. The van der Waals surface area contributed by atoms with Crippen LogP contribution in [0, 0.1) is 0 Å². The fraction of sp³-hybridized carbons (Fsp3) is 0.449. The summed E-state index contributed by atoms with van der Waals surface area (Å²) in [6.07, 6.45) is 9.06. The molecule has 73 heavy (non-hydrogen) atoms. The molecular formula is C69H86N2OSi. The van der Waals surface area contributed by atoms with Crippen molar-refractivity contribution in [1.82, 2.24) is 0 Å². The molecule has 0 bridgehead atoms. The summed E-state index contributed by atoms with van der Waals surface area (Å²) in [5, 5.41) is 2.56. The van der Waals surface area contributed by atoms with Crippen molar-refractivity contribution >= 4 is 58.4 Å². The van der Waals surface area contributed by atoms with Gasteiger partial charge in [0.2, 0.25) is 0 Å². The molecule has 10 rings (SSSR count).